The molecule has 0 heterocycles. The second-order valence-corrected chi connectivity index (χ2v) is 9.67. The number of hydrogen-bond acceptors (Lipinski definition) is 6. The van der Waals surface area contributed by atoms with E-state index in [0.717, 1.165) is 12.8 Å². The Morgan fingerprint density at radius 3 is 1.78 bits per heavy atom. The first-order valence-electron chi connectivity index (χ1n) is 12.1. The van der Waals surface area contributed by atoms with Gasteiger partial charge in [-0.05, 0) is 88.9 Å². The lowest BCUT2D eigenvalue weighted by Gasteiger charge is -2.45. The number of carbonyl (C=O) groups excluding carboxylic acids is 3. The number of fused-ring (bicyclic) bond motifs is 5. The number of halogens is 1. The van der Waals surface area contributed by atoms with E-state index in [-0.39, 0.29) is 59.8 Å². The Hall–Kier alpha value is -1.40. The average Bonchev–Trinajstić information content (AvgIpc) is 2.75. The van der Waals surface area contributed by atoms with Gasteiger partial charge in [0.1, 0.15) is 5.78 Å². The van der Waals surface area contributed by atoms with Gasteiger partial charge in [0, 0.05) is 12.5 Å². The zero-order chi connectivity index (χ0) is 22.5. The molecule has 0 aliphatic heterocycles. The molecule has 4 bridgehead atoms. The summed E-state index contributed by atoms with van der Waals surface area (Å²) in [6.07, 6.45) is 11.8. The van der Waals surface area contributed by atoms with Crippen LogP contribution in [0.3, 0.4) is 0 Å². The first-order valence-corrected chi connectivity index (χ1v) is 12.1. The van der Waals surface area contributed by atoms with Crippen molar-refractivity contribution in [3.8, 4) is 0 Å². The monoisotopic (exact) mass is 469 g/mol. The number of carbonyl (C=O) groups is 3. The Kier molecular flexibility index (Phi) is 10.2. The normalized spacial score (nSPS) is 36.4. The van der Waals surface area contributed by atoms with E-state index in [2.05, 4.69) is 12.2 Å². The lowest BCUT2D eigenvalue weighted by molar-refractivity contribution is -0.156. The predicted octanol–water partition coefficient (Wildman–Crippen LogP) is 4.09. The minimum atomic E-state index is -0.113. The number of hydrogen-bond donors (Lipinski definition) is 1. The van der Waals surface area contributed by atoms with E-state index in [9.17, 15) is 14.4 Å². The summed E-state index contributed by atoms with van der Waals surface area (Å²) < 4.78 is 10.2. The van der Waals surface area contributed by atoms with Gasteiger partial charge in [0.25, 0.3) is 0 Å². The van der Waals surface area contributed by atoms with Crippen molar-refractivity contribution < 1.29 is 23.9 Å². The van der Waals surface area contributed by atoms with Gasteiger partial charge < -0.3 is 20.0 Å². The molecule has 6 aliphatic carbocycles. The summed E-state index contributed by atoms with van der Waals surface area (Å²) in [5, 5.41) is 0. The van der Waals surface area contributed by atoms with Crippen molar-refractivity contribution in [2.75, 3.05) is 13.2 Å². The molecule has 32 heavy (non-hydrogen) atoms. The summed E-state index contributed by atoms with van der Waals surface area (Å²) in [4.78, 5) is 35.0. The van der Waals surface area contributed by atoms with Gasteiger partial charge in [0.15, 0.2) is 0 Å². The average molecular weight is 470 g/mol. The number of rotatable bonds is 6. The highest BCUT2D eigenvalue weighted by Gasteiger charge is 2.46. The Labute approximate surface area is 198 Å². The van der Waals surface area contributed by atoms with Gasteiger partial charge in [-0.1, -0.05) is 12.2 Å². The van der Waals surface area contributed by atoms with Crippen molar-refractivity contribution in [3.63, 3.8) is 0 Å². The third-order valence-electron chi connectivity index (χ3n) is 7.84. The molecule has 0 amide bonds. The van der Waals surface area contributed by atoms with E-state index in [1.54, 1.807) is 6.92 Å². The fourth-order valence-corrected chi connectivity index (χ4v) is 6.39. The third kappa shape index (κ3) is 5.93. The molecule has 4 fully saturated rings. The molecule has 7 heteroatoms. The molecule has 6 aliphatic rings. The second-order valence-electron chi connectivity index (χ2n) is 9.67. The van der Waals surface area contributed by atoms with Gasteiger partial charge in [0.05, 0.1) is 25.0 Å². The van der Waals surface area contributed by atoms with Crippen molar-refractivity contribution in [2.45, 2.75) is 71.8 Å². The van der Waals surface area contributed by atoms with Crippen molar-refractivity contribution in [3.05, 3.63) is 12.2 Å². The molecule has 0 aromatic carbocycles. The fraction of sp³-hybridized carbons (Fsp3) is 0.800. The summed E-state index contributed by atoms with van der Waals surface area (Å²) >= 11 is 0. The summed E-state index contributed by atoms with van der Waals surface area (Å²) in [6.45, 7) is 6.18. The number of nitrogens with two attached hydrogens (primary N) is 1. The van der Waals surface area contributed by atoms with Crippen molar-refractivity contribution in [2.24, 2.45) is 47.2 Å². The topological polar surface area (TPSA) is 95.7 Å². The first-order chi connectivity index (χ1) is 14.9. The Balaban J connectivity index is 0.000000224. The Morgan fingerprint density at radius 2 is 1.31 bits per heavy atom. The van der Waals surface area contributed by atoms with Crippen LogP contribution in [-0.2, 0) is 23.9 Å². The van der Waals surface area contributed by atoms with Crippen LogP contribution in [0.15, 0.2) is 12.2 Å². The number of allylic oxidation sites excluding steroid dienone is 2. The summed E-state index contributed by atoms with van der Waals surface area (Å²) in [5.41, 5.74) is 6.09. The molecule has 182 valence electrons. The van der Waals surface area contributed by atoms with Crippen LogP contribution in [-0.4, -0.2) is 37.0 Å². The van der Waals surface area contributed by atoms with Crippen molar-refractivity contribution >= 4 is 30.1 Å². The van der Waals surface area contributed by atoms with Gasteiger partial charge in [-0.2, -0.15) is 0 Å². The van der Waals surface area contributed by atoms with E-state index >= 15 is 0 Å². The van der Waals surface area contributed by atoms with E-state index in [0.29, 0.717) is 37.4 Å². The first kappa shape index (κ1) is 26.8. The maximum absolute atomic E-state index is 12.0. The summed E-state index contributed by atoms with van der Waals surface area (Å²) in [7, 11) is 0. The van der Waals surface area contributed by atoms with Gasteiger partial charge in [-0.3, -0.25) is 9.59 Å². The molecule has 6 atom stereocenters. The Morgan fingerprint density at radius 1 is 0.812 bits per heavy atom. The maximum atomic E-state index is 12.0. The molecule has 0 saturated heterocycles. The molecule has 0 aromatic rings. The van der Waals surface area contributed by atoms with Crippen LogP contribution >= 0.6 is 12.4 Å². The molecular weight excluding hydrogens is 430 g/mol. The predicted molar refractivity (Wildman–Crippen MR) is 125 cm³/mol. The zero-order valence-corrected chi connectivity index (χ0v) is 20.5. The molecule has 4 saturated carbocycles. The van der Waals surface area contributed by atoms with Crippen LogP contribution < -0.4 is 5.73 Å². The maximum Gasteiger partial charge on any atom is 0.310 e. The SMILES string of the molecule is CCOC(=O)[C@@H]1C(CC(C)=O)[C@H]2C=C[C@@H]1CC2.CCOC(=O)[C@H]1C2CCC(CC2)C1N.Cl. The minimum absolute atomic E-state index is 0. The smallest absolute Gasteiger partial charge is 0.310 e. The number of esters is 2. The molecular formula is C25H40ClNO5. The molecule has 0 spiro atoms. The van der Waals surface area contributed by atoms with Gasteiger partial charge in [0.2, 0.25) is 0 Å². The number of ether oxygens (including phenoxy) is 2. The van der Waals surface area contributed by atoms with Crippen LogP contribution in [0.5, 0.6) is 0 Å². The lowest BCUT2D eigenvalue weighted by Crippen LogP contribution is -2.52. The second kappa shape index (κ2) is 12.2. The molecule has 2 N–H and O–H groups in total. The highest BCUT2D eigenvalue weighted by molar-refractivity contribution is 5.85. The quantitative estimate of drug-likeness (QED) is 0.465. The van der Waals surface area contributed by atoms with E-state index in [4.69, 9.17) is 15.2 Å². The van der Waals surface area contributed by atoms with E-state index < -0.39 is 0 Å². The Bertz CT molecular complexity index is 686. The standard InChI is InChI=1S/C14H20O3.C11H19NO2.ClH/c1-3-17-14(16)13-11-6-4-10(5-7-11)12(13)8-9(2)15;1-2-14-11(13)9-7-3-5-8(6-4-7)10(9)12;/h4,6,10-13H,3,5,7-8H2,1-2H3;7-10H,2-6,12H2,1H3;1H/t10-,11+,12?,13-;7?,8?,9-,10?;/m00./s1. The summed E-state index contributed by atoms with van der Waals surface area (Å²) in [6, 6.07) is 0.0570. The van der Waals surface area contributed by atoms with E-state index in [1.807, 2.05) is 13.8 Å². The molecule has 6 rings (SSSR count). The fourth-order valence-electron chi connectivity index (χ4n) is 6.39. The minimum Gasteiger partial charge on any atom is -0.466 e. The molecule has 6 nitrogen and oxygen atoms in total. The van der Waals surface area contributed by atoms with Crippen LogP contribution in [0.1, 0.15) is 65.7 Å². The van der Waals surface area contributed by atoms with Crippen molar-refractivity contribution in [1.29, 1.82) is 0 Å². The van der Waals surface area contributed by atoms with Crippen LogP contribution in [0.4, 0.5) is 0 Å². The number of ketones is 1. The molecule has 0 aromatic heterocycles. The lowest BCUT2D eigenvalue weighted by atomic mass is 9.61. The van der Waals surface area contributed by atoms with Gasteiger partial charge >= 0.3 is 11.9 Å². The molecule has 0 radical (unpaired) electrons. The van der Waals surface area contributed by atoms with Crippen LogP contribution in [0.25, 0.3) is 0 Å². The third-order valence-corrected chi connectivity index (χ3v) is 7.84. The van der Waals surface area contributed by atoms with Gasteiger partial charge in [-0.25, -0.2) is 0 Å². The van der Waals surface area contributed by atoms with Crippen LogP contribution in [0, 0.1) is 41.4 Å². The van der Waals surface area contributed by atoms with Gasteiger partial charge in [-0.15, -0.1) is 12.4 Å². The highest BCUT2D eigenvalue weighted by atomic mass is 35.5. The summed E-state index contributed by atoms with van der Waals surface area (Å²) in [5.74, 6) is 1.78. The molecule has 2 unspecified atom stereocenters. The zero-order valence-electron chi connectivity index (χ0n) is 19.7. The number of Topliss-reactive ketones (excluding diaryl/α,β-unsaturated/α-hetero) is 1. The van der Waals surface area contributed by atoms with Crippen LogP contribution in [0.2, 0.25) is 0 Å². The van der Waals surface area contributed by atoms with Crippen molar-refractivity contribution in [1.82, 2.24) is 0 Å². The largest absolute Gasteiger partial charge is 0.466 e. The highest BCUT2D eigenvalue weighted by Crippen LogP contribution is 2.47. The van der Waals surface area contributed by atoms with E-state index in [1.165, 1.54) is 25.7 Å².